The minimum Gasteiger partial charge on any atom is -0.327 e. The lowest BCUT2D eigenvalue weighted by Gasteiger charge is -2.34. The van der Waals surface area contributed by atoms with E-state index in [0.717, 1.165) is 70.0 Å². The van der Waals surface area contributed by atoms with Crippen LogP contribution in [0.3, 0.4) is 0 Å². The van der Waals surface area contributed by atoms with Gasteiger partial charge in [-0.3, -0.25) is 9.80 Å². The Kier molecular flexibility index (Phi) is 6.71. The fraction of sp³-hybridized carbons (Fsp3) is 0.435. The van der Waals surface area contributed by atoms with Crippen molar-refractivity contribution in [3.05, 3.63) is 59.9 Å². The van der Waals surface area contributed by atoms with Crippen LogP contribution in [0.15, 0.2) is 53.4 Å². The fourth-order valence-electron chi connectivity index (χ4n) is 4.17. The normalized spacial score (nSPS) is 16.2. The Labute approximate surface area is 184 Å². The van der Waals surface area contributed by atoms with Crippen molar-refractivity contribution in [2.24, 2.45) is 5.14 Å². The Balaban J connectivity index is 1.48. The second-order valence-electron chi connectivity index (χ2n) is 8.27. The second kappa shape index (κ2) is 9.48. The van der Waals surface area contributed by atoms with Crippen molar-refractivity contribution in [3.8, 4) is 0 Å². The minimum absolute atomic E-state index is 0.112. The molecule has 8 heteroatoms. The van der Waals surface area contributed by atoms with Gasteiger partial charge < -0.3 is 4.57 Å². The molecule has 166 valence electrons. The van der Waals surface area contributed by atoms with E-state index in [-0.39, 0.29) is 4.90 Å². The van der Waals surface area contributed by atoms with E-state index in [9.17, 15) is 8.42 Å². The summed E-state index contributed by atoms with van der Waals surface area (Å²) in [6.07, 6.45) is 2.15. The highest BCUT2D eigenvalue weighted by molar-refractivity contribution is 7.89. The highest BCUT2D eigenvalue weighted by Gasteiger charge is 2.21. The highest BCUT2D eigenvalue weighted by atomic mass is 32.2. The Morgan fingerprint density at radius 3 is 2.29 bits per heavy atom. The molecule has 7 nitrogen and oxygen atoms in total. The molecule has 0 spiro atoms. The van der Waals surface area contributed by atoms with E-state index in [1.807, 2.05) is 6.07 Å². The van der Waals surface area contributed by atoms with Crippen LogP contribution in [0.25, 0.3) is 11.0 Å². The summed E-state index contributed by atoms with van der Waals surface area (Å²) in [5, 5.41) is 5.32. The summed E-state index contributed by atoms with van der Waals surface area (Å²) in [6.45, 7) is 8.84. The first kappa shape index (κ1) is 22.0. The summed E-state index contributed by atoms with van der Waals surface area (Å²) < 4.78 is 25.7. The Morgan fingerprint density at radius 1 is 0.968 bits per heavy atom. The lowest BCUT2D eigenvalue weighted by Crippen LogP contribution is -2.45. The number of imidazole rings is 1. The van der Waals surface area contributed by atoms with Crippen molar-refractivity contribution in [1.29, 1.82) is 0 Å². The van der Waals surface area contributed by atoms with Crippen LogP contribution in [0.4, 0.5) is 0 Å². The molecule has 0 radical (unpaired) electrons. The number of rotatable bonds is 8. The predicted molar refractivity (Wildman–Crippen MR) is 123 cm³/mol. The van der Waals surface area contributed by atoms with Gasteiger partial charge in [0.15, 0.2) is 0 Å². The van der Waals surface area contributed by atoms with E-state index < -0.39 is 10.0 Å². The van der Waals surface area contributed by atoms with Crippen molar-refractivity contribution < 1.29 is 8.42 Å². The summed E-state index contributed by atoms with van der Waals surface area (Å²) in [7, 11) is -3.74. The van der Waals surface area contributed by atoms with Gasteiger partial charge >= 0.3 is 0 Å². The van der Waals surface area contributed by atoms with E-state index in [1.54, 1.807) is 12.1 Å². The first-order chi connectivity index (χ1) is 14.9. The van der Waals surface area contributed by atoms with E-state index >= 15 is 0 Å². The summed E-state index contributed by atoms with van der Waals surface area (Å²) in [6, 6.07) is 15.6. The maximum atomic E-state index is 11.7. The number of fused-ring (bicyclic) bond motifs is 1. The molecule has 0 aliphatic carbocycles. The molecule has 2 heterocycles. The number of hydrogen-bond donors (Lipinski definition) is 1. The molecule has 31 heavy (non-hydrogen) atoms. The third kappa shape index (κ3) is 5.33. The van der Waals surface area contributed by atoms with E-state index in [1.165, 1.54) is 5.56 Å². The topological polar surface area (TPSA) is 84.5 Å². The maximum absolute atomic E-state index is 11.7. The van der Waals surface area contributed by atoms with Gasteiger partial charge in [0.05, 0.1) is 22.5 Å². The molecule has 0 bridgehead atoms. The zero-order valence-corrected chi connectivity index (χ0v) is 18.9. The molecule has 1 aromatic heterocycles. The monoisotopic (exact) mass is 441 g/mol. The zero-order chi connectivity index (χ0) is 21.8. The number of benzene rings is 2. The van der Waals surface area contributed by atoms with E-state index in [2.05, 4.69) is 51.6 Å². The average Bonchev–Trinajstić information content (AvgIpc) is 3.10. The molecule has 1 aliphatic rings. The summed E-state index contributed by atoms with van der Waals surface area (Å²) in [4.78, 5) is 9.85. The highest BCUT2D eigenvalue weighted by Crippen LogP contribution is 2.22. The van der Waals surface area contributed by atoms with Gasteiger partial charge in [-0.25, -0.2) is 18.5 Å². The van der Waals surface area contributed by atoms with Gasteiger partial charge in [0.1, 0.15) is 5.82 Å². The average molecular weight is 442 g/mol. The van der Waals surface area contributed by atoms with Gasteiger partial charge in [-0.05, 0) is 30.2 Å². The van der Waals surface area contributed by atoms with E-state index in [4.69, 9.17) is 10.1 Å². The van der Waals surface area contributed by atoms with Crippen LogP contribution in [0.2, 0.25) is 0 Å². The number of aromatic nitrogens is 2. The Morgan fingerprint density at radius 2 is 1.65 bits per heavy atom. The predicted octanol–water partition coefficient (Wildman–Crippen LogP) is 2.80. The number of primary sulfonamides is 1. The largest absolute Gasteiger partial charge is 0.327 e. The van der Waals surface area contributed by atoms with Crippen LogP contribution in [0, 0.1) is 0 Å². The molecular formula is C23H31N5O2S. The van der Waals surface area contributed by atoms with Crippen LogP contribution in [-0.4, -0.2) is 53.9 Å². The van der Waals surface area contributed by atoms with E-state index in [0.29, 0.717) is 5.52 Å². The third-order valence-corrected chi connectivity index (χ3v) is 6.85. The van der Waals surface area contributed by atoms with Crippen LogP contribution in [0.5, 0.6) is 0 Å². The molecule has 2 N–H and O–H groups in total. The molecule has 0 amide bonds. The molecule has 2 aromatic carbocycles. The van der Waals surface area contributed by atoms with Crippen molar-refractivity contribution in [2.75, 3.05) is 26.2 Å². The summed E-state index contributed by atoms with van der Waals surface area (Å²) >= 11 is 0. The molecule has 1 saturated heterocycles. The number of nitrogens with zero attached hydrogens (tertiary/aromatic N) is 4. The van der Waals surface area contributed by atoms with Gasteiger partial charge in [0.2, 0.25) is 10.0 Å². The molecule has 0 unspecified atom stereocenters. The van der Waals surface area contributed by atoms with Crippen molar-refractivity contribution in [2.45, 2.75) is 44.3 Å². The smallest absolute Gasteiger partial charge is 0.238 e. The Hall–Kier alpha value is -2.26. The first-order valence-corrected chi connectivity index (χ1v) is 12.5. The van der Waals surface area contributed by atoms with Gasteiger partial charge in [0.25, 0.3) is 0 Å². The maximum Gasteiger partial charge on any atom is 0.238 e. The van der Waals surface area contributed by atoms with Crippen molar-refractivity contribution in [3.63, 3.8) is 0 Å². The van der Waals surface area contributed by atoms with Crippen molar-refractivity contribution in [1.82, 2.24) is 19.4 Å². The van der Waals surface area contributed by atoms with Crippen LogP contribution < -0.4 is 5.14 Å². The lowest BCUT2D eigenvalue weighted by molar-refractivity contribution is 0.119. The number of unbranched alkanes of at least 4 members (excludes halogenated alkanes) is 1. The molecule has 0 atom stereocenters. The Bertz CT molecular complexity index is 1120. The summed E-state index contributed by atoms with van der Waals surface area (Å²) in [5.41, 5.74) is 3.02. The van der Waals surface area contributed by atoms with Crippen LogP contribution in [-0.2, 0) is 29.7 Å². The fourth-order valence-corrected chi connectivity index (χ4v) is 4.70. The summed E-state index contributed by atoms with van der Waals surface area (Å²) in [5.74, 6) is 0.992. The molecular weight excluding hydrogens is 410 g/mol. The van der Waals surface area contributed by atoms with Gasteiger partial charge in [-0.1, -0.05) is 43.7 Å². The minimum atomic E-state index is -3.74. The van der Waals surface area contributed by atoms with Crippen LogP contribution in [0.1, 0.15) is 31.2 Å². The van der Waals surface area contributed by atoms with Gasteiger partial charge in [-0.2, -0.15) is 0 Å². The van der Waals surface area contributed by atoms with Crippen molar-refractivity contribution >= 4 is 21.1 Å². The molecule has 1 aliphatic heterocycles. The zero-order valence-electron chi connectivity index (χ0n) is 18.1. The number of hydrogen-bond acceptors (Lipinski definition) is 5. The standard InChI is InChI=1S/C23H31N5O2S/c1-2-3-11-28-22-10-9-20(31(24,29)30)16-21(22)25-23(28)18-27-14-12-26(13-15-27)17-19-7-5-4-6-8-19/h4-10,16H,2-3,11-15,17-18H2,1H3,(H2,24,29,30). The number of aryl methyl sites for hydroxylation is 1. The molecule has 3 aromatic rings. The second-order valence-corrected chi connectivity index (χ2v) is 9.83. The van der Waals surface area contributed by atoms with Gasteiger partial charge in [-0.15, -0.1) is 0 Å². The molecule has 1 fully saturated rings. The third-order valence-electron chi connectivity index (χ3n) is 5.94. The first-order valence-electron chi connectivity index (χ1n) is 10.9. The number of sulfonamides is 1. The van der Waals surface area contributed by atoms with Gasteiger partial charge in [0, 0.05) is 39.3 Å². The quantitative estimate of drug-likeness (QED) is 0.581. The molecule has 0 saturated carbocycles. The number of nitrogens with two attached hydrogens (primary N) is 1. The number of piperazine rings is 1. The molecule has 4 rings (SSSR count). The lowest BCUT2D eigenvalue weighted by atomic mass is 10.2. The van der Waals surface area contributed by atoms with Crippen LogP contribution >= 0.6 is 0 Å². The SMILES string of the molecule is CCCCn1c(CN2CCN(Cc3ccccc3)CC2)nc2cc(S(N)(=O)=O)ccc21.